The quantitative estimate of drug-likeness (QED) is 0.726. The predicted molar refractivity (Wildman–Crippen MR) is 49.4 cm³/mol. The molecule has 2 aromatic heterocycles. The molecule has 2 heterocycles. The molecular formula is C8H10N6O. The Balaban J connectivity index is 1.94. The fraction of sp³-hybridized carbons (Fsp3) is 0.500. The molecule has 0 unspecified atom stereocenters. The smallest absolute Gasteiger partial charge is 0.247 e. The highest BCUT2D eigenvalue weighted by molar-refractivity contribution is 5.45. The van der Waals surface area contributed by atoms with Crippen molar-refractivity contribution in [1.29, 1.82) is 0 Å². The lowest BCUT2D eigenvalue weighted by molar-refractivity contribution is 0.181. The zero-order valence-electron chi connectivity index (χ0n) is 7.97. The van der Waals surface area contributed by atoms with Gasteiger partial charge in [0.25, 0.3) is 0 Å². The summed E-state index contributed by atoms with van der Waals surface area (Å²) in [5, 5.41) is 13.8. The Labute approximate surface area is 85.1 Å². The Bertz CT molecular complexity index is 457. The maximum Gasteiger partial charge on any atom is 0.247 e. The maximum atomic E-state index is 6.05. The number of nitrogens with one attached hydrogen (secondary N) is 1. The van der Waals surface area contributed by atoms with Gasteiger partial charge in [-0.2, -0.15) is 20.4 Å². The van der Waals surface area contributed by atoms with Gasteiger partial charge < -0.3 is 10.3 Å². The average molecular weight is 206 g/mol. The summed E-state index contributed by atoms with van der Waals surface area (Å²) in [6.45, 7) is 0. The minimum Gasteiger partial charge on any atom is -0.337 e. The molecule has 1 aliphatic rings. The van der Waals surface area contributed by atoms with Crippen LogP contribution in [0.25, 0.3) is 11.5 Å². The number of nitrogens with zero attached hydrogens (tertiary/aromatic N) is 4. The van der Waals surface area contributed by atoms with E-state index in [1.54, 1.807) is 6.20 Å². The van der Waals surface area contributed by atoms with E-state index in [1.165, 1.54) is 0 Å². The Morgan fingerprint density at radius 1 is 1.47 bits per heavy atom. The van der Waals surface area contributed by atoms with Crippen molar-refractivity contribution < 1.29 is 4.52 Å². The molecule has 0 amide bonds. The summed E-state index contributed by atoms with van der Waals surface area (Å²) in [4.78, 5) is 4.22. The van der Waals surface area contributed by atoms with Gasteiger partial charge in [0.1, 0.15) is 0 Å². The van der Waals surface area contributed by atoms with Crippen LogP contribution in [-0.4, -0.2) is 25.6 Å². The highest BCUT2D eigenvalue weighted by Crippen LogP contribution is 2.38. The normalized spacial score (nSPS) is 18.7. The van der Waals surface area contributed by atoms with Crippen LogP contribution in [0.15, 0.2) is 10.7 Å². The van der Waals surface area contributed by atoms with E-state index in [0.29, 0.717) is 17.4 Å². The third-order valence-electron chi connectivity index (χ3n) is 2.74. The van der Waals surface area contributed by atoms with E-state index in [-0.39, 0.29) is 0 Å². The summed E-state index contributed by atoms with van der Waals surface area (Å²) in [7, 11) is 0. The van der Waals surface area contributed by atoms with Crippen molar-refractivity contribution in [3.63, 3.8) is 0 Å². The molecular weight excluding hydrogens is 196 g/mol. The number of rotatable bonds is 2. The molecule has 0 aromatic carbocycles. The third kappa shape index (κ3) is 1.23. The molecule has 78 valence electrons. The summed E-state index contributed by atoms with van der Waals surface area (Å²) in [5.41, 5.74) is 6.19. The third-order valence-corrected chi connectivity index (χ3v) is 2.74. The van der Waals surface area contributed by atoms with Crippen molar-refractivity contribution in [1.82, 2.24) is 25.6 Å². The zero-order chi connectivity index (χ0) is 10.3. The second-order valence-electron chi connectivity index (χ2n) is 3.79. The van der Waals surface area contributed by atoms with Gasteiger partial charge in [-0.1, -0.05) is 5.16 Å². The summed E-state index contributed by atoms with van der Waals surface area (Å²) >= 11 is 0. The molecule has 15 heavy (non-hydrogen) atoms. The highest BCUT2D eigenvalue weighted by atomic mass is 16.5. The van der Waals surface area contributed by atoms with Crippen LogP contribution in [0.1, 0.15) is 25.2 Å². The van der Waals surface area contributed by atoms with Crippen LogP contribution < -0.4 is 5.73 Å². The van der Waals surface area contributed by atoms with Crippen LogP contribution in [0.3, 0.4) is 0 Å². The SMILES string of the molecule is NC1(c2nc(-c3cn[nH]n3)no2)CCC1. The van der Waals surface area contributed by atoms with Gasteiger partial charge in [-0.25, -0.2) is 0 Å². The lowest BCUT2D eigenvalue weighted by Crippen LogP contribution is -2.43. The van der Waals surface area contributed by atoms with E-state index >= 15 is 0 Å². The molecule has 1 aliphatic carbocycles. The van der Waals surface area contributed by atoms with Gasteiger partial charge in [0.2, 0.25) is 11.7 Å². The van der Waals surface area contributed by atoms with Crippen molar-refractivity contribution in [2.45, 2.75) is 24.8 Å². The first kappa shape index (κ1) is 8.54. The van der Waals surface area contributed by atoms with Crippen molar-refractivity contribution in [3.8, 4) is 11.5 Å². The minimum atomic E-state index is -0.422. The van der Waals surface area contributed by atoms with Crippen molar-refractivity contribution in [2.24, 2.45) is 5.73 Å². The van der Waals surface area contributed by atoms with Crippen molar-refractivity contribution in [3.05, 3.63) is 12.1 Å². The van der Waals surface area contributed by atoms with Gasteiger partial charge in [0.15, 0.2) is 5.69 Å². The van der Waals surface area contributed by atoms with Crippen LogP contribution in [0.2, 0.25) is 0 Å². The zero-order valence-corrected chi connectivity index (χ0v) is 7.97. The fourth-order valence-electron chi connectivity index (χ4n) is 1.61. The Kier molecular flexibility index (Phi) is 1.63. The van der Waals surface area contributed by atoms with Gasteiger partial charge >= 0.3 is 0 Å². The number of hydrogen-bond acceptors (Lipinski definition) is 6. The minimum absolute atomic E-state index is 0.422. The van der Waals surface area contributed by atoms with E-state index in [0.717, 1.165) is 19.3 Å². The van der Waals surface area contributed by atoms with Gasteiger partial charge in [0.05, 0.1) is 11.7 Å². The molecule has 3 rings (SSSR count). The maximum absolute atomic E-state index is 6.05. The van der Waals surface area contributed by atoms with Gasteiger partial charge in [-0.3, -0.25) is 0 Å². The largest absolute Gasteiger partial charge is 0.337 e. The first-order valence-electron chi connectivity index (χ1n) is 4.77. The van der Waals surface area contributed by atoms with Crippen molar-refractivity contribution in [2.75, 3.05) is 0 Å². The van der Waals surface area contributed by atoms with E-state index in [4.69, 9.17) is 10.3 Å². The van der Waals surface area contributed by atoms with Crippen molar-refractivity contribution >= 4 is 0 Å². The average Bonchev–Trinajstić information content (AvgIpc) is 2.84. The second kappa shape index (κ2) is 2.86. The molecule has 0 atom stereocenters. The van der Waals surface area contributed by atoms with Crippen LogP contribution >= 0.6 is 0 Å². The van der Waals surface area contributed by atoms with Gasteiger partial charge in [0, 0.05) is 0 Å². The highest BCUT2D eigenvalue weighted by Gasteiger charge is 2.40. The predicted octanol–water partition coefficient (Wildman–Crippen LogP) is 0.193. The second-order valence-corrected chi connectivity index (χ2v) is 3.79. The van der Waals surface area contributed by atoms with E-state index in [9.17, 15) is 0 Å². The van der Waals surface area contributed by atoms with Crippen LogP contribution in [-0.2, 0) is 5.54 Å². The molecule has 2 aromatic rings. The molecule has 0 bridgehead atoms. The van der Waals surface area contributed by atoms with Crippen LogP contribution in [0.4, 0.5) is 0 Å². The molecule has 1 fully saturated rings. The number of aromatic nitrogens is 5. The molecule has 7 heteroatoms. The van der Waals surface area contributed by atoms with E-state index < -0.39 is 5.54 Å². The van der Waals surface area contributed by atoms with Crippen LogP contribution in [0.5, 0.6) is 0 Å². The number of H-pyrrole nitrogens is 1. The molecule has 1 saturated carbocycles. The Hall–Kier alpha value is -1.76. The molecule has 0 aliphatic heterocycles. The van der Waals surface area contributed by atoms with Crippen LogP contribution in [0, 0.1) is 0 Å². The standard InChI is InChI=1S/C8H10N6O/c9-8(2-1-3-8)7-11-6(13-15-7)5-4-10-14-12-5/h4H,1-3,9H2,(H,10,12,14). The Morgan fingerprint density at radius 2 is 2.33 bits per heavy atom. The Morgan fingerprint density at radius 3 is 2.93 bits per heavy atom. The monoisotopic (exact) mass is 206 g/mol. The summed E-state index contributed by atoms with van der Waals surface area (Å²) in [6, 6.07) is 0. The molecule has 0 radical (unpaired) electrons. The summed E-state index contributed by atoms with van der Waals surface area (Å²) in [6.07, 6.45) is 4.44. The lowest BCUT2D eigenvalue weighted by Gasteiger charge is -2.33. The molecule has 3 N–H and O–H groups in total. The number of hydrogen-bond donors (Lipinski definition) is 2. The molecule has 7 nitrogen and oxygen atoms in total. The molecule has 0 spiro atoms. The first-order valence-corrected chi connectivity index (χ1v) is 4.77. The van der Waals surface area contributed by atoms with Gasteiger partial charge in [-0.05, 0) is 19.3 Å². The summed E-state index contributed by atoms with van der Waals surface area (Å²) < 4.78 is 5.13. The number of nitrogens with two attached hydrogens (primary N) is 1. The number of aromatic amines is 1. The van der Waals surface area contributed by atoms with E-state index in [1.807, 2.05) is 0 Å². The van der Waals surface area contributed by atoms with E-state index in [2.05, 4.69) is 25.6 Å². The van der Waals surface area contributed by atoms with Gasteiger partial charge in [-0.15, -0.1) is 0 Å². The molecule has 0 saturated heterocycles. The summed E-state index contributed by atoms with van der Waals surface area (Å²) in [5.74, 6) is 0.919. The lowest BCUT2D eigenvalue weighted by atomic mass is 9.78. The fourth-order valence-corrected chi connectivity index (χ4v) is 1.61. The first-order chi connectivity index (χ1) is 7.28. The topological polar surface area (TPSA) is 107 Å².